The Labute approximate surface area is 335 Å². The van der Waals surface area contributed by atoms with Gasteiger partial charge in [-0.2, -0.15) is 0 Å². The maximum Gasteiger partial charge on any atom is -0.0384 e. The van der Waals surface area contributed by atoms with E-state index < -0.39 is 0 Å². The van der Waals surface area contributed by atoms with E-state index in [9.17, 15) is 0 Å². The lowest BCUT2D eigenvalue weighted by Gasteiger charge is -2.27. The van der Waals surface area contributed by atoms with Crippen LogP contribution in [-0.4, -0.2) is 0 Å². The number of hydrogen-bond donors (Lipinski definition) is 0. The van der Waals surface area contributed by atoms with E-state index >= 15 is 0 Å². The van der Waals surface area contributed by atoms with Crippen molar-refractivity contribution in [1.82, 2.24) is 0 Å². The SMILES string of the molecule is CC(C)C.CCC(CC)CC(C)CCCCCCCCC(C)CC(C)C.CCC(CC)CC(C)CCCCCCCCC(CC(C)C)C(CC)CC. The molecule has 0 fully saturated rings. The van der Waals surface area contributed by atoms with E-state index in [1.807, 2.05) is 0 Å². The van der Waals surface area contributed by atoms with Gasteiger partial charge in [-0.05, 0) is 84.9 Å². The second-order valence-corrected chi connectivity index (χ2v) is 19.9. The quantitative estimate of drug-likeness (QED) is 0.0589. The van der Waals surface area contributed by atoms with Crippen molar-refractivity contribution < 1.29 is 0 Å². The van der Waals surface area contributed by atoms with Crippen LogP contribution < -0.4 is 0 Å². The molecule has 0 heterocycles. The first-order valence-corrected chi connectivity index (χ1v) is 24.7. The standard InChI is InChI=1S/C26H54.C22H46.C4H10/c1-8-24(9-2)21-23(7)18-16-14-12-13-15-17-19-26(20-22(5)6)25(10-3)11-4;1-7-22(8-2)18-21(6)16-14-12-10-9-11-13-15-20(5)17-19(3)4;1-4(2)3/h22-26H,8-21H2,1-7H3;19-22H,7-18H2,1-6H3;4H,1-3H3. The van der Waals surface area contributed by atoms with Gasteiger partial charge in [-0.15, -0.1) is 0 Å². The highest BCUT2D eigenvalue weighted by molar-refractivity contribution is 4.70. The molecule has 0 saturated carbocycles. The highest BCUT2D eigenvalue weighted by atomic mass is 14.2. The lowest BCUT2D eigenvalue weighted by atomic mass is 9.79. The Hall–Kier alpha value is 0. The maximum absolute atomic E-state index is 2.48. The zero-order valence-corrected chi connectivity index (χ0v) is 40.2. The first kappa shape index (κ1) is 56.3. The lowest BCUT2D eigenvalue weighted by Crippen LogP contribution is -2.16. The molecule has 0 radical (unpaired) electrons. The summed E-state index contributed by atoms with van der Waals surface area (Å²) >= 11 is 0. The van der Waals surface area contributed by atoms with Crippen molar-refractivity contribution in [2.75, 3.05) is 0 Å². The molecule has 0 nitrogen and oxygen atoms in total. The first-order valence-electron chi connectivity index (χ1n) is 24.7. The van der Waals surface area contributed by atoms with Crippen LogP contribution >= 0.6 is 0 Å². The van der Waals surface area contributed by atoms with Gasteiger partial charge in [0.15, 0.2) is 0 Å². The Morgan fingerprint density at radius 1 is 0.269 bits per heavy atom. The van der Waals surface area contributed by atoms with E-state index in [2.05, 4.69) is 111 Å². The minimum absolute atomic E-state index is 0.833. The predicted molar refractivity (Wildman–Crippen MR) is 246 cm³/mol. The minimum atomic E-state index is 0.833. The summed E-state index contributed by atoms with van der Waals surface area (Å²) in [5, 5.41) is 0. The third-order valence-electron chi connectivity index (χ3n) is 12.3. The van der Waals surface area contributed by atoms with Gasteiger partial charge in [0.25, 0.3) is 0 Å². The van der Waals surface area contributed by atoms with Gasteiger partial charge in [0.1, 0.15) is 0 Å². The zero-order valence-electron chi connectivity index (χ0n) is 40.2. The van der Waals surface area contributed by atoms with Crippen LogP contribution in [0.5, 0.6) is 0 Å². The third-order valence-corrected chi connectivity index (χ3v) is 12.3. The fourth-order valence-electron chi connectivity index (χ4n) is 8.95. The molecular weight excluding hydrogens is 625 g/mol. The first-order chi connectivity index (χ1) is 24.7. The van der Waals surface area contributed by atoms with Crippen LogP contribution in [0, 0.1) is 59.2 Å². The Morgan fingerprint density at radius 2 is 0.538 bits per heavy atom. The third kappa shape index (κ3) is 41.2. The molecule has 0 amide bonds. The van der Waals surface area contributed by atoms with E-state index in [4.69, 9.17) is 0 Å². The summed E-state index contributed by atoms with van der Waals surface area (Å²) in [5.41, 5.74) is 0. The Morgan fingerprint density at radius 3 is 0.808 bits per heavy atom. The molecule has 0 aromatic heterocycles. The minimum Gasteiger partial charge on any atom is -0.0651 e. The Bertz CT molecular complexity index is 630. The summed E-state index contributed by atoms with van der Waals surface area (Å²) in [4.78, 5) is 0. The molecule has 52 heavy (non-hydrogen) atoms. The zero-order chi connectivity index (χ0) is 40.2. The van der Waals surface area contributed by atoms with Crippen LogP contribution in [-0.2, 0) is 0 Å². The summed E-state index contributed by atoms with van der Waals surface area (Å²) in [6, 6.07) is 0. The van der Waals surface area contributed by atoms with Crippen LogP contribution in [0.1, 0.15) is 278 Å². The van der Waals surface area contributed by atoms with E-state index in [0.29, 0.717) is 0 Å². The smallest absolute Gasteiger partial charge is 0.0384 e. The van der Waals surface area contributed by atoms with Gasteiger partial charge in [-0.25, -0.2) is 0 Å². The van der Waals surface area contributed by atoms with Crippen molar-refractivity contribution in [3.63, 3.8) is 0 Å². The van der Waals surface area contributed by atoms with E-state index in [0.717, 1.165) is 59.2 Å². The monoisotopic (exact) mass is 735 g/mol. The highest BCUT2D eigenvalue weighted by Crippen LogP contribution is 2.31. The average molecular weight is 735 g/mol. The van der Waals surface area contributed by atoms with E-state index in [-0.39, 0.29) is 0 Å². The Balaban J connectivity index is -0.000000845. The number of hydrogen-bond acceptors (Lipinski definition) is 0. The van der Waals surface area contributed by atoms with Gasteiger partial charge in [0.05, 0.1) is 0 Å². The molecule has 0 N–H and O–H groups in total. The lowest BCUT2D eigenvalue weighted by molar-refractivity contribution is 0.244. The van der Waals surface area contributed by atoms with Crippen molar-refractivity contribution in [2.24, 2.45) is 59.2 Å². The molecule has 0 spiro atoms. The van der Waals surface area contributed by atoms with Crippen molar-refractivity contribution in [3.8, 4) is 0 Å². The molecule has 0 aromatic carbocycles. The van der Waals surface area contributed by atoms with Crippen molar-refractivity contribution >= 4 is 0 Å². The van der Waals surface area contributed by atoms with Crippen molar-refractivity contribution in [1.29, 1.82) is 0 Å². The van der Waals surface area contributed by atoms with Gasteiger partial charge in [-0.3, -0.25) is 0 Å². The van der Waals surface area contributed by atoms with Crippen LogP contribution in [0.15, 0.2) is 0 Å². The maximum atomic E-state index is 2.48. The average Bonchev–Trinajstić information content (AvgIpc) is 3.08. The van der Waals surface area contributed by atoms with Gasteiger partial charge in [0, 0.05) is 0 Å². The van der Waals surface area contributed by atoms with Crippen LogP contribution in [0.4, 0.5) is 0 Å². The van der Waals surface area contributed by atoms with Crippen molar-refractivity contribution in [3.05, 3.63) is 0 Å². The highest BCUT2D eigenvalue weighted by Gasteiger charge is 2.19. The molecule has 0 bridgehead atoms. The second-order valence-electron chi connectivity index (χ2n) is 19.9. The second kappa shape index (κ2) is 40.7. The molecule has 0 heteroatoms. The molecule has 4 atom stereocenters. The predicted octanol–water partition coefficient (Wildman–Crippen LogP) is 19.6. The van der Waals surface area contributed by atoms with Gasteiger partial charge >= 0.3 is 0 Å². The normalized spacial score (nSPS) is 14.2. The fourth-order valence-corrected chi connectivity index (χ4v) is 8.95. The van der Waals surface area contributed by atoms with Crippen molar-refractivity contribution in [2.45, 2.75) is 278 Å². The number of rotatable bonds is 33. The van der Waals surface area contributed by atoms with Gasteiger partial charge in [-0.1, -0.05) is 252 Å². The summed E-state index contributed by atoms with van der Waals surface area (Å²) in [7, 11) is 0. The molecule has 0 aliphatic rings. The summed E-state index contributed by atoms with van der Waals surface area (Å²) in [5.74, 6) is 9.29. The molecule has 318 valence electrons. The van der Waals surface area contributed by atoms with E-state index in [1.165, 1.54) is 167 Å². The molecule has 0 rings (SSSR count). The van der Waals surface area contributed by atoms with Gasteiger partial charge < -0.3 is 0 Å². The molecule has 0 aliphatic heterocycles. The summed E-state index contributed by atoms with van der Waals surface area (Å²) < 4.78 is 0. The molecule has 0 aliphatic carbocycles. The fraction of sp³-hybridized carbons (Fsp3) is 1.00. The summed E-state index contributed by atoms with van der Waals surface area (Å²) in [6.07, 6.45) is 37.5. The molecule has 0 saturated heterocycles. The molecular formula is C52H110. The summed E-state index contributed by atoms with van der Waals surface area (Å²) in [6.45, 7) is 37.6. The molecule has 0 aromatic rings. The topological polar surface area (TPSA) is 0 Å². The van der Waals surface area contributed by atoms with Crippen LogP contribution in [0.25, 0.3) is 0 Å². The van der Waals surface area contributed by atoms with Crippen LogP contribution in [0.3, 0.4) is 0 Å². The van der Waals surface area contributed by atoms with E-state index in [1.54, 1.807) is 0 Å². The number of unbranched alkanes of at least 4 members (excludes halogenated alkanes) is 10. The Kier molecular flexibility index (Phi) is 44.0. The molecule has 4 unspecified atom stereocenters. The van der Waals surface area contributed by atoms with Crippen LogP contribution in [0.2, 0.25) is 0 Å². The largest absolute Gasteiger partial charge is 0.0651 e. The van der Waals surface area contributed by atoms with Gasteiger partial charge in [0.2, 0.25) is 0 Å².